The lowest BCUT2D eigenvalue weighted by Crippen LogP contribution is -2.41. The summed E-state index contributed by atoms with van der Waals surface area (Å²) in [4.78, 5) is 15.5. The number of nitrogens with zero attached hydrogens (tertiary/aromatic N) is 2. The Kier molecular flexibility index (Phi) is 4.53. The summed E-state index contributed by atoms with van der Waals surface area (Å²) in [6.45, 7) is 0.546. The Balaban J connectivity index is 2.28. The first-order valence-electron chi connectivity index (χ1n) is 6.58. The molecule has 4 nitrogen and oxygen atoms in total. The van der Waals surface area contributed by atoms with Crippen molar-refractivity contribution in [1.82, 2.24) is 9.80 Å². The number of β-amino-alcohol motifs (C(OH)–C–C–N with tert-alkyl or cyclic N) is 1. The fraction of sp³-hybridized carbons (Fsp3) is 0.500. The van der Waals surface area contributed by atoms with Gasteiger partial charge in [-0.2, -0.15) is 0 Å². The van der Waals surface area contributed by atoms with Gasteiger partial charge in [-0.05, 0) is 32.6 Å². The van der Waals surface area contributed by atoms with E-state index in [1.54, 1.807) is 0 Å². The highest BCUT2D eigenvalue weighted by Crippen LogP contribution is 2.23. The van der Waals surface area contributed by atoms with E-state index in [1.165, 1.54) is 4.90 Å². The van der Waals surface area contributed by atoms with Crippen molar-refractivity contribution < 1.29 is 23.1 Å². The molecule has 1 heterocycles. The number of halogens is 3. The van der Waals surface area contributed by atoms with Gasteiger partial charge in [0.2, 0.25) is 0 Å². The Morgan fingerprint density at radius 3 is 2.62 bits per heavy atom. The standard InChI is InChI=1S/C14H17F3N2O2/c1-18(2)6-8-5-9(20)7-19(8)14(21)10-3-4-11(15)13(17)12(10)16/h3-4,8-9,20H,5-7H2,1-2H3. The third-order valence-corrected chi connectivity index (χ3v) is 3.49. The van der Waals surface area contributed by atoms with Gasteiger partial charge in [-0.25, -0.2) is 13.2 Å². The van der Waals surface area contributed by atoms with Crippen molar-refractivity contribution in [2.75, 3.05) is 27.2 Å². The van der Waals surface area contributed by atoms with E-state index in [2.05, 4.69) is 0 Å². The average Bonchev–Trinajstić information content (AvgIpc) is 2.75. The summed E-state index contributed by atoms with van der Waals surface area (Å²) in [5.74, 6) is -5.24. The van der Waals surface area contributed by atoms with E-state index in [0.717, 1.165) is 12.1 Å². The maximum Gasteiger partial charge on any atom is 0.257 e. The highest BCUT2D eigenvalue weighted by molar-refractivity contribution is 5.95. The lowest BCUT2D eigenvalue weighted by molar-refractivity contribution is 0.0693. The fourth-order valence-corrected chi connectivity index (χ4v) is 2.58. The second-order valence-corrected chi connectivity index (χ2v) is 5.49. The Labute approximate surface area is 120 Å². The zero-order valence-corrected chi connectivity index (χ0v) is 11.8. The molecule has 2 atom stereocenters. The van der Waals surface area contributed by atoms with E-state index in [9.17, 15) is 23.1 Å². The molecule has 21 heavy (non-hydrogen) atoms. The number of likely N-dealkylation sites (N-methyl/N-ethyl adjacent to an activating group) is 1. The van der Waals surface area contributed by atoms with Crippen LogP contribution in [0.1, 0.15) is 16.8 Å². The zero-order valence-electron chi connectivity index (χ0n) is 11.8. The molecule has 1 N–H and O–H groups in total. The van der Waals surface area contributed by atoms with Crippen LogP contribution < -0.4 is 0 Å². The van der Waals surface area contributed by atoms with Gasteiger partial charge in [-0.15, -0.1) is 0 Å². The summed E-state index contributed by atoms with van der Waals surface area (Å²) < 4.78 is 39.9. The number of hydrogen-bond acceptors (Lipinski definition) is 3. The molecule has 116 valence electrons. The van der Waals surface area contributed by atoms with Gasteiger partial charge in [0.25, 0.3) is 5.91 Å². The molecule has 7 heteroatoms. The molecule has 2 rings (SSSR count). The van der Waals surface area contributed by atoms with Crippen molar-refractivity contribution in [2.24, 2.45) is 0 Å². The molecule has 1 amide bonds. The Morgan fingerprint density at radius 1 is 1.33 bits per heavy atom. The van der Waals surface area contributed by atoms with Crippen molar-refractivity contribution in [3.8, 4) is 0 Å². The molecule has 1 aliphatic heterocycles. The Bertz CT molecular complexity index is 551. The van der Waals surface area contributed by atoms with Crippen LogP contribution in [0.25, 0.3) is 0 Å². The summed E-state index contributed by atoms with van der Waals surface area (Å²) in [5, 5.41) is 9.71. The second-order valence-electron chi connectivity index (χ2n) is 5.49. The molecular weight excluding hydrogens is 285 g/mol. The third kappa shape index (κ3) is 3.19. The minimum Gasteiger partial charge on any atom is -0.391 e. The van der Waals surface area contributed by atoms with Crippen molar-refractivity contribution in [2.45, 2.75) is 18.6 Å². The van der Waals surface area contributed by atoms with Gasteiger partial charge in [0, 0.05) is 19.1 Å². The van der Waals surface area contributed by atoms with E-state index >= 15 is 0 Å². The predicted molar refractivity (Wildman–Crippen MR) is 70.3 cm³/mol. The number of likely N-dealkylation sites (tertiary alicyclic amines) is 1. The highest BCUT2D eigenvalue weighted by atomic mass is 19.2. The first-order valence-corrected chi connectivity index (χ1v) is 6.58. The Hall–Kier alpha value is -1.60. The number of benzene rings is 1. The summed E-state index contributed by atoms with van der Waals surface area (Å²) in [7, 11) is 3.62. The monoisotopic (exact) mass is 302 g/mol. The number of amides is 1. The molecule has 1 saturated heterocycles. The summed E-state index contributed by atoms with van der Waals surface area (Å²) in [6.07, 6.45) is -0.331. The first kappa shape index (κ1) is 15.8. The minimum absolute atomic E-state index is 0.0514. The molecule has 1 aliphatic rings. The number of aliphatic hydroxyl groups excluding tert-OH is 1. The van der Waals surface area contributed by atoms with Crippen LogP contribution in [-0.4, -0.2) is 60.1 Å². The van der Waals surface area contributed by atoms with E-state index < -0.39 is 35.0 Å². The number of rotatable bonds is 3. The van der Waals surface area contributed by atoms with Crippen LogP contribution in [0.4, 0.5) is 13.2 Å². The van der Waals surface area contributed by atoms with Gasteiger partial charge in [0.1, 0.15) is 0 Å². The summed E-state index contributed by atoms with van der Waals surface area (Å²) in [5.41, 5.74) is -0.522. The maximum atomic E-state index is 13.7. The molecule has 0 radical (unpaired) electrons. The van der Waals surface area contributed by atoms with Crippen LogP contribution in [-0.2, 0) is 0 Å². The predicted octanol–water partition coefficient (Wildman–Crippen LogP) is 1.24. The van der Waals surface area contributed by atoms with Gasteiger partial charge < -0.3 is 14.9 Å². The van der Waals surface area contributed by atoms with E-state index in [4.69, 9.17) is 0 Å². The van der Waals surface area contributed by atoms with Crippen LogP contribution in [0, 0.1) is 17.5 Å². The van der Waals surface area contributed by atoms with E-state index in [0.29, 0.717) is 13.0 Å². The number of carbonyl (C=O) groups excluding carboxylic acids is 1. The summed E-state index contributed by atoms with van der Waals surface area (Å²) >= 11 is 0. The topological polar surface area (TPSA) is 43.8 Å². The van der Waals surface area contributed by atoms with Crippen LogP contribution in [0.3, 0.4) is 0 Å². The average molecular weight is 302 g/mol. The van der Waals surface area contributed by atoms with Crippen LogP contribution >= 0.6 is 0 Å². The van der Waals surface area contributed by atoms with Crippen LogP contribution in [0.2, 0.25) is 0 Å². The molecule has 0 bridgehead atoms. The molecular formula is C14H17F3N2O2. The van der Waals surface area contributed by atoms with E-state index in [1.807, 2.05) is 19.0 Å². The molecule has 0 aromatic heterocycles. The van der Waals surface area contributed by atoms with E-state index in [-0.39, 0.29) is 12.6 Å². The largest absolute Gasteiger partial charge is 0.391 e. The zero-order chi connectivity index (χ0) is 15.7. The van der Waals surface area contributed by atoms with Crippen molar-refractivity contribution in [1.29, 1.82) is 0 Å². The maximum absolute atomic E-state index is 13.7. The smallest absolute Gasteiger partial charge is 0.257 e. The SMILES string of the molecule is CN(C)CC1CC(O)CN1C(=O)c1ccc(F)c(F)c1F. The van der Waals surface area contributed by atoms with Crippen molar-refractivity contribution >= 4 is 5.91 Å². The second kappa shape index (κ2) is 6.03. The minimum atomic E-state index is -1.66. The summed E-state index contributed by atoms with van der Waals surface area (Å²) in [6, 6.07) is 1.35. The molecule has 2 unspecified atom stereocenters. The van der Waals surface area contributed by atoms with Crippen molar-refractivity contribution in [3.05, 3.63) is 35.1 Å². The van der Waals surface area contributed by atoms with Crippen LogP contribution in [0.15, 0.2) is 12.1 Å². The van der Waals surface area contributed by atoms with Gasteiger partial charge in [0.05, 0.1) is 11.7 Å². The van der Waals surface area contributed by atoms with Gasteiger partial charge in [-0.3, -0.25) is 4.79 Å². The van der Waals surface area contributed by atoms with Crippen molar-refractivity contribution in [3.63, 3.8) is 0 Å². The quantitative estimate of drug-likeness (QED) is 0.855. The number of aliphatic hydroxyl groups is 1. The molecule has 0 spiro atoms. The van der Waals surface area contributed by atoms with Gasteiger partial charge >= 0.3 is 0 Å². The molecule has 0 saturated carbocycles. The van der Waals surface area contributed by atoms with Gasteiger partial charge in [0.15, 0.2) is 17.5 Å². The fourth-order valence-electron chi connectivity index (χ4n) is 2.58. The molecule has 1 aromatic rings. The number of hydrogen-bond donors (Lipinski definition) is 1. The highest BCUT2D eigenvalue weighted by Gasteiger charge is 2.36. The van der Waals surface area contributed by atoms with Gasteiger partial charge in [-0.1, -0.05) is 0 Å². The molecule has 0 aliphatic carbocycles. The lowest BCUT2D eigenvalue weighted by Gasteiger charge is -2.27. The molecule has 1 aromatic carbocycles. The first-order chi connectivity index (χ1) is 9.81. The van der Waals surface area contributed by atoms with Crippen LogP contribution in [0.5, 0.6) is 0 Å². The molecule has 1 fully saturated rings. The lowest BCUT2D eigenvalue weighted by atomic mass is 10.1. The third-order valence-electron chi connectivity index (χ3n) is 3.49. The normalized spacial score (nSPS) is 22.1. The number of carbonyl (C=O) groups is 1. The Morgan fingerprint density at radius 2 is 2.00 bits per heavy atom.